The van der Waals surface area contributed by atoms with Gasteiger partial charge in [0.2, 0.25) is 0 Å². The number of hydrogen-bond donors (Lipinski definition) is 3. The smallest absolute Gasteiger partial charge is 0.323 e. The summed E-state index contributed by atoms with van der Waals surface area (Å²) in [6, 6.07) is 8.74. The van der Waals surface area contributed by atoms with Gasteiger partial charge in [0, 0.05) is 75.1 Å². The van der Waals surface area contributed by atoms with Gasteiger partial charge in [0.25, 0.3) is 5.91 Å². The average Bonchev–Trinajstić information content (AvgIpc) is 3.04. The van der Waals surface area contributed by atoms with Crippen molar-refractivity contribution in [2.75, 3.05) is 63.0 Å². The van der Waals surface area contributed by atoms with Gasteiger partial charge in [0.15, 0.2) is 11.6 Å². The second-order valence-corrected chi connectivity index (χ2v) is 10.2. The Morgan fingerprint density at radius 1 is 1.00 bits per heavy atom. The van der Waals surface area contributed by atoms with Crippen molar-refractivity contribution in [3.05, 3.63) is 77.6 Å². The molecule has 3 amide bonds. The number of nitrogens with one attached hydrogen (secondary N) is 2. The van der Waals surface area contributed by atoms with Crippen LogP contribution in [0.3, 0.4) is 0 Å². The first-order valence-corrected chi connectivity index (χ1v) is 13.9. The third kappa shape index (κ3) is 6.86. The van der Waals surface area contributed by atoms with Crippen molar-refractivity contribution in [2.24, 2.45) is 10.7 Å². The van der Waals surface area contributed by atoms with E-state index in [4.69, 9.17) is 15.5 Å². The van der Waals surface area contributed by atoms with Gasteiger partial charge < -0.3 is 30.9 Å². The molecule has 0 aliphatic carbocycles. The highest BCUT2D eigenvalue weighted by Crippen LogP contribution is 2.30. The number of hydrogen-bond acceptors (Lipinski definition) is 9. The van der Waals surface area contributed by atoms with Crippen molar-refractivity contribution >= 4 is 52.0 Å². The van der Waals surface area contributed by atoms with Crippen LogP contribution < -0.4 is 21.3 Å². The summed E-state index contributed by atoms with van der Waals surface area (Å²) in [5.74, 6) is -1.14. The number of amides is 3. The van der Waals surface area contributed by atoms with Crippen LogP contribution >= 0.6 is 0 Å². The number of ether oxygens (including phenoxy) is 1. The lowest BCUT2D eigenvalue weighted by Gasteiger charge is -2.28. The first-order valence-electron chi connectivity index (χ1n) is 13.9. The summed E-state index contributed by atoms with van der Waals surface area (Å²) in [5, 5.41) is 4.71. The minimum atomic E-state index is -0.873. The highest BCUT2D eigenvalue weighted by Gasteiger charge is 2.21. The number of nitrogens with two attached hydrogens (primary N) is 1. The Morgan fingerprint density at radius 2 is 1.69 bits per heavy atom. The second kappa shape index (κ2) is 13.4. The number of allylic oxidation sites excluding steroid dienone is 1. The van der Waals surface area contributed by atoms with Gasteiger partial charge in [-0.25, -0.2) is 23.5 Å². The number of carbonyl (C=O) groups excluding carboxylic acids is 2. The van der Waals surface area contributed by atoms with Gasteiger partial charge in [0.05, 0.1) is 30.1 Å². The first-order chi connectivity index (χ1) is 21.7. The summed E-state index contributed by atoms with van der Waals surface area (Å²) in [6.45, 7) is 2.22. The summed E-state index contributed by atoms with van der Waals surface area (Å²) >= 11 is 0. The molecular weight excluding hydrogens is 584 g/mol. The predicted octanol–water partition coefficient (Wildman–Crippen LogP) is 4.15. The molecular formula is C31H31F2N9O3. The number of benzene rings is 2. The number of fused-ring (bicyclic) bond motifs is 1. The van der Waals surface area contributed by atoms with E-state index in [1.807, 2.05) is 11.0 Å². The van der Waals surface area contributed by atoms with E-state index in [2.05, 4.69) is 25.6 Å². The number of aliphatic imine (C=N–C) groups is 1. The molecule has 12 nitrogen and oxygen atoms in total. The molecule has 2 aromatic heterocycles. The molecule has 1 saturated heterocycles. The predicted molar refractivity (Wildman–Crippen MR) is 169 cm³/mol. The fraction of sp³-hybridized carbons (Fsp3) is 0.226. The number of nitrogens with zero attached hydrogens (tertiary/aromatic N) is 6. The number of urea groups is 1. The van der Waals surface area contributed by atoms with Crippen LogP contribution in [0.4, 0.5) is 30.8 Å². The molecule has 1 aliphatic heterocycles. The molecule has 232 valence electrons. The fourth-order valence-electron chi connectivity index (χ4n) is 4.68. The quantitative estimate of drug-likeness (QED) is 0.263. The number of anilines is 3. The van der Waals surface area contributed by atoms with Crippen LogP contribution in [0, 0.1) is 11.6 Å². The van der Waals surface area contributed by atoms with Crippen LogP contribution in [0.1, 0.15) is 15.9 Å². The zero-order valence-corrected chi connectivity index (χ0v) is 24.8. The molecule has 2 aromatic carbocycles. The summed E-state index contributed by atoms with van der Waals surface area (Å²) < 4.78 is 35.4. The molecule has 1 aliphatic rings. The molecule has 0 spiro atoms. The van der Waals surface area contributed by atoms with Crippen LogP contribution in [0.15, 0.2) is 59.9 Å². The zero-order chi connectivity index (χ0) is 32.1. The van der Waals surface area contributed by atoms with Gasteiger partial charge in [0.1, 0.15) is 17.2 Å². The van der Waals surface area contributed by atoms with Gasteiger partial charge in [-0.3, -0.25) is 14.8 Å². The van der Waals surface area contributed by atoms with E-state index in [0.717, 1.165) is 6.07 Å². The number of pyridine rings is 1. The Balaban J connectivity index is 1.42. The maximum Gasteiger partial charge on any atom is 0.323 e. The van der Waals surface area contributed by atoms with Crippen LogP contribution in [0.2, 0.25) is 0 Å². The third-order valence-electron chi connectivity index (χ3n) is 6.96. The van der Waals surface area contributed by atoms with Crippen molar-refractivity contribution in [1.29, 1.82) is 0 Å². The highest BCUT2D eigenvalue weighted by molar-refractivity contribution is 6.10. The zero-order valence-electron chi connectivity index (χ0n) is 24.8. The maximum absolute atomic E-state index is 15.3. The van der Waals surface area contributed by atoms with Crippen molar-refractivity contribution in [2.45, 2.75) is 0 Å². The second-order valence-electron chi connectivity index (χ2n) is 10.2. The Bertz CT molecular complexity index is 1820. The van der Waals surface area contributed by atoms with Gasteiger partial charge in [-0.2, -0.15) is 0 Å². The molecule has 0 radical (unpaired) electrons. The van der Waals surface area contributed by atoms with Crippen molar-refractivity contribution in [1.82, 2.24) is 19.9 Å². The Hall–Kier alpha value is -5.50. The average molecular weight is 616 g/mol. The van der Waals surface area contributed by atoms with Crippen molar-refractivity contribution in [3.8, 4) is 11.4 Å². The van der Waals surface area contributed by atoms with Crippen LogP contribution in [0.5, 0.6) is 0 Å². The number of morpholine rings is 1. The van der Waals surface area contributed by atoms with E-state index in [-0.39, 0.29) is 28.7 Å². The third-order valence-corrected chi connectivity index (χ3v) is 6.96. The number of halogens is 2. The number of rotatable bonds is 7. The van der Waals surface area contributed by atoms with E-state index in [1.165, 1.54) is 35.4 Å². The van der Waals surface area contributed by atoms with Crippen LogP contribution in [0.25, 0.3) is 28.0 Å². The molecule has 4 aromatic rings. The molecule has 0 bridgehead atoms. The lowest BCUT2D eigenvalue weighted by molar-refractivity contribution is 0.0827. The normalized spacial score (nSPS) is 13.7. The molecule has 0 atom stereocenters. The van der Waals surface area contributed by atoms with E-state index >= 15 is 4.39 Å². The van der Waals surface area contributed by atoms with Gasteiger partial charge in [-0.1, -0.05) is 0 Å². The first kappa shape index (κ1) is 30.9. The number of aromatic nitrogens is 3. The van der Waals surface area contributed by atoms with E-state index in [9.17, 15) is 14.0 Å². The topological polar surface area (TPSA) is 151 Å². The largest absolute Gasteiger partial charge is 0.404 e. The molecule has 1 fully saturated rings. The number of carbonyl (C=O) groups is 2. The lowest BCUT2D eigenvalue weighted by atomic mass is 10.1. The summed E-state index contributed by atoms with van der Waals surface area (Å²) in [7, 11) is 4.72. The highest BCUT2D eigenvalue weighted by atomic mass is 19.1. The minimum absolute atomic E-state index is 0.121. The van der Waals surface area contributed by atoms with Crippen LogP contribution in [-0.4, -0.2) is 85.5 Å². The van der Waals surface area contributed by atoms with E-state index < -0.39 is 17.7 Å². The summed E-state index contributed by atoms with van der Waals surface area (Å²) in [5.41, 5.74) is 8.39. The molecule has 0 unspecified atom stereocenters. The van der Waals surface area contributed by atoms with Crippen molar-refractivity contribution in [3.63, 3.8) is 0 Å². The van der Waals surface area contributed by atoms with E-state index in [0.29, 0.717) is 59.9 Å². The standard InChI is InChI=1S/C31H31F2N9O3/c1-35-16-21(15-34)20-14-26-27(36-17-20)29(42-8-10-45-11-9-42)40-28(37-26)18-4-6-24(22(32)12-18)38-31(44)39-25-7-5-19(13-23(25)33)30(43)41(2)3/h4-7,12-17H,8-11,34H2,1-3H3,(H2,38,39,44). The Kier molecular flexibility index (Phi) is 9.23. The summed E-state index contributed by atoms with van der Waals surface area (Å²) in [6.07, 6.45) is 4.71. The van der Waals surface area contributed by atoms with Crippen LogP contribution in [-0.2, 0) is 4.74 Å². The van der Waals surface area contributed by atoms with E-state index in [1.54, 1.807) is 39.6 Å². The molecule has 0 saturated carbocycles. The van der Waals surface area contributed by atoms with Crippen molar-refractivity contribution < 1.29 is 23.1 Å². The molecule has 45 heavy (non-hydrogen) atoms. The molecule has 4 N–H and O–H groups in total. The maximum atomic E-state index is 15.3. The summed E-state index contributed by atoms with van der Waals surface area (Å²) in [4.78, 5) is 46.1. The Labute approximate surface area is 257 Å². The van der Waals surface area contributed by atoms with Gasteiger partial charge in [-0.05, 0) is 42.5 Å². The molecule has 5 rings (SSSR count). The fourth-order valence-corrected chi connectivity index (χ4v) is 4.68. The SMILES string of the molecule is CN=CC(=CN)c1cnc2c(N3CCOCC3)nc(-c3ccc(NC(=O)Nc4ccc(C(=O)N(C)C)cc4F)c(F)c3)nc2c1. The lowest BCUT2D eigenvalue weighted by Crippen LogP contribution is -2.37. The van der Waals surface area contributed by atoms with Gasteiger partial charge in [-0.15, -0.1) is 0 Å². The Morgan fingerprint density at radius 3 is 2.31 bits per heavy atom. The monoisotopic (exact) mass is 615 g/mol. The molecule has 14 heteroatoms. The minimum Gasteiger partial charge on any atom is -0.404 e. The molecule has 3 heterocycles. The van der Waals surface area contributed by atoms with Gasteiger partial charge >= 0.3 is 6.03 Å².